The summed E-state index contributed by atoms with van der Waals surface area (Å²) >= 11 is 1.47. The zero-order chi connectivity index (χ0) is 18.1. The quantitative estimate of drug-likeness (QED) is 0.869. The van der Waals surface area contributed by atoms with Crippen LogP contribution in [0.25, 0.3) is 0 Å². The Labute approximate surface area is 154 Å². The summed E-state index contributed by atoms with van der Waals surface area (Å²) in [4.78, 5) is 44.5. The predicted molar refractivity (Wildman–Crippen MR) is 99.4 cm³/mol. The Morgan fingerprint density at radius 1 is 1.23 bits per heavy atom. The highest BCUT2D eigenvalue weighted by molar-refractivity contribution is 7.14. The van der Waals surface area contributed by atoms with Crippen molar-refractivity contribution in [3.8, 4) is 0 Å². The molecule has 4 rings (SSSR count). The first-order valence-electron chi connectivity index (χ1n) is 8.53. The summed E-state index contributed by atoms with van der Waals surface area (Å²) in [7, 11) is 0. The third-order valence-electron chi connectivity index (χ3n) is 4.80. The van der Waals surface area contributed by atoms with E-state index in [2.05, 4.69) is 10.3 Å². The van der Waals surface area contributed by atoms with Gasteiger partial charge in [-0.25, -0.2) is 9.59 Å². The number of hydrogen-bond donors (Lipinski definition) is 1. The van der Waals surface area contributed by atoms with E-state index in [4.69, 9.17) is 0 Å². The summed E-state index contributed by atoms with van der Waals surface area (Å²) in [5.74, 6) is -0.694. The highest BCUT2D eigenvalue weighted by atomic mass is 32.1. The number of piperidine rings is 1. The van der Waals surface area contributed by atoms with Gasteiger partial charge < -0.3 is 4.90 Å². The van der Waals surface area contributed by atoms with Gasteiger partial charge >= 0.3 is 12.1 Å². The summed E-state index contributed by atoms with van der Waals surface area (Å²) < 4.78 is 0. The molecular formula is C18H18N4O3S. The number of thiophene rings is 1. The molecule has 134 valence electrons. The van der Waals surface area contributed by atoms with E-state index in [0.29, 0.717) is 31.6 Å². The second-order valence-corrected chi connectivity index (χ2v) is 7.32. The van der Waals surface area contributed by atoms with E-state index in [1.165, 1.54) is 16.2 Å². The average Bonchev–Trinajstić information content (AvgIpc) is 3.15. The number of hydrogen-bond acceptors (Lipinski definition) is 4. The summed E-state index contributed by atoms with van der Waals surface area (Å²) in [6, 6.07) is 2.86. The van der Waals surface area contributed by atoms with Crippen LogP contribution in [0.1, 0.15) is 12.8 Å². The van der Waals surface area contributed by atoms with Crippen LogP contribution in [-0.2, 0) is 4.79 Å². The number of nitrogens with one attached hydrogen (secondary N) is 1. The van der Waals surface area contributed by atoms with Crippen molar-refractivity contribution in [2.24, 2.45) is 10.9 Å². The van der Waals surface area contributed by atoms with Crippen molar-refractivity contribution >= 4 is 40.0 Å². The maximum Gasteiger partial charge on any atom is 0.350 e. The Hall–Kier alpha value is -2.74. The number of rotatable bonds is 2. The average molecular weight is 370 g/mol. The van der Waals surface area contributed by atoms with Crippen molar-refractivity contribution in [3.05, 3.63) is 41.8 Å². The van der Waals surface area contributed by atoms with Crippen LogP contribution in [0.3, 0.4) is 0 Å². The topological polar surface area (TPSA) is 82.1 Å². The van der Waals surface area contributed by atoms with E-state index >= 15 is 0 Å². The van der Waals surface area contributed by atoms with Crippen molar-refractivity contribution < 1.29 is 14.4 Å². The SMILES string of the molecule is O=C(Nc1cccs1)N1CCC(N2C(=O)N=C3C=CC=CC3C2=O)CC1. The normalized spacial score (nSPS) is 23.1. The highest BCUT2D eigenvalue weighted by Gasteiger charge is 2.40. The minimum absolute atomic E-state index is 0.150. The van der Waals surface area contributed by atoms with Gasteiger partial charge in [0.25, 0.3) is 0 Å². The maximum atomic E-state index is 12.7. The smallest absolute Gasteiger partial charge is 0.324 e. The lowest BCUT2D eigenvalue weighted by molar-refractivity contribution is -0.131. The molecule has 1 saturated heterocycles. The van der Waals surface area contributed by atoms with Gasteiger partial charge in [0.1, 0.15) is 0 Å². The van der Waals surface area contributed by atoms with E-state index in [-0.39, 0.29) is 18.0 Å². The van der Waals surface area contributed by atoms with Crippen LogP contribution in [0.15, 0.2) is 46.8 Å². The molecule has 1 atom stereocenters. The van der Waals surface area contributed by atoms with E-state index < -0.39 is 11.9 Å². The standard InChI is InChI=1S/C18H18N4O3S/c23-16-13-4-1-2-5-14(13)19-18(25)22(16)12-7-9-21(10-8-12)17(24)20-15-6-3-11-26-15/h1-6,11-13H,7-10H2,(H,20,24). The molecular weight excluding hydrogens is 352 g/mol. The van der Waals surface area contributed by atoms with Gasteiger partial charge in [0, 0.05) is 19.1 Å². The molecule has 1 unspecified atom stereocenters. The van der Waals surface area contributed by atoms with E-state index in [1.807, 2.05) is 17.5 Å². The Morgan fingerprint density at radius 3 is 2.77 bits per heavy atom. The third-order valence-corrected chi connectivity index (χ3v) is 5.59. The van der Waals surface area contributed by atoms with Crippen molar-refractivity contribution in [2.45, 2.75) is 18.9 Å². The molecule has 0 bridgehead atoms. The first kappa shape index (κ1) is 16.7. The van der Waals surface area contributed by atoms with Gasteiger partial charge in [0.05, 0.1) is 16.6 Å². The number of amides is 5. The molecule has 8 heteroatoms. The zero-order valence-electron chi connectivity index (χ0n) is 14.0. The van der Waals surface area contributed by atoms with Crippen molar-refractivity contribution in [1.82, 2.24) is 9.80 Å². The lowest BCUT2D eigenvalue weighted by Gasteiger charge is -2.39. The van der Waals surface area contributed by atoms with E-state index in [9.17, 15) is 14.4 Å². The van der Waals surface area contributed by atoms with Crippen LogP contribution in [0, 0.1) is 5.92 Å². The molecule has 1 aromatic heterocycles. The van der Waals surface area contributed by atoms with E-state index in [0.717, 1.165) is 5.00 Å². The summed E-state index contributed by atoms with van der Waals surface area (Å²) in [6.07, 6.45) is 8.17. The molecule has 1 aromatic rings. The number of carbonyl (C=O) groups excluding carboxylic acids is 3. The van der Waals surface area contributed by atoms with E-state index in [1.54, 1.807) is 29.2 Å². The predicted octanol–water partition coefficient (Wildman–Crippen LogP) is 2.89. The number of anilines is 1. The van der Waals surface area contributed by atoms with Crippen LogP contribution in [0.4, 0.5) is 14.6 Å². The fourth-order valence-electron chi connectivity index (χ4n) is 3.45. The van der Waals surface area contributed by atoms with Crippen LogP contribution >= 0.6 is 11.3 Å². The molecule has 3 aliphatic rings. The van der Waals surface area contributed by atoms with Crippen LogP contribution < -0.4 is 5.32 Å². The van der Waals surface area contributed by atoms with Crippen LogP contribution in [0.5, 0.6) is 0 Å². The van der Waals surface area contributed by atoms with Crippen LogP contribution in [0.2, 0.25) is 0 Å². The number of likely N-dealkylation sites (tertiary alicyclic amines) is 1. The van der Waals surface area contributed by atoms with Crippen molar-refractivity contribution in [1.29, 1.82) is 0 Å². The maximum absolute atomic E-state index is 12.7. The molecule has 5 amide bonds. The molecule has 26 heavy (non-hydrogen) atoms. The van der Waals surface area contributed by atoms with Gasteiger partial charge in [-0.1, -0.05) is 18.2 Å². The molecule has 1 aliphatic carbocycles. The molecule has 0 aromatic carbocycles. The number of fused-ring (bicyclic) bond motifs is 1. The largest absolute Gasteiger partial charge is 0.350 e. The van der Waals surface area contributed by atoms with Crippen molar-refractivity contribution in [2.75, 3.05) is 18.4 Å². The number of allylic oxidation sites excluding steroid dienone is 3. The molecule has 3 heterocycles. The molecule has 0 radical (unpaired) electrons. The van der Waals surface area contributed by atoms with Gasteiger partial charge in [-0.05, 0) is 36.4 Å². The second kappa shape index (κ2) is 6.87. The summed E-state index contributed by atoms with van der Waals surface area (Å²) in [5, 5.41) is 5.57. The second-order valence-electron chi connectivity index (χ2n) is 6.37. The van der Waals surface area contributed by atoms with Crippen molar-refractivity contribution in [3.63, 3.8) is 0 Å². The number of nitrogens with zero attached hydrogens (tertiary/aromatic N) is 3. The molecule has 1 fully saturated rings. The minimum Gasteiger partial charge on any atom is -0.324 e. The van der Waals surface area contributed by atoms with Gasteiger partial charge in [0.2, 0.25) is 5.91 Å². The number of aliphatic imine (C=N–C) groups is 1. The Bertz CT molecular complexity index is 819. The first-order chi connectivity index (χ1) is 12.6. The van der Waals surface area contributed by atoms with Crippen LogP contribution in [-0.4, -0.2) is 52.6 Å². The fourth-order valence-corrected chi connectivity index (χ4v) is 4.06. The lowest BCUT2D eigenvalue weighted by atomic mass is 9.93. The Kier molecular flexibility index (Phi) is 4.42. The summed E-state index contributed by atoms with van der Waals surface area (Å²) in [5.41, 5.74) is 0.506. The molecule has 0 spiro atoms. The molecule has 1 N–H and O–H groups in total. The number of urea groups is 2. The first-order valence-corrected chi connectivity index (χ1v) is 9.41. The zero-order valence-corrected chi connectivity index (χ0v) is 14.8. The van der Waals surface area contributed by atoms with Gasteiger partial charge in [-0.15, -0.1) is 11.3 Å². The Balaban J connectivity index is 1.40. The fraction of sp³-hybridized carbons (Fsp3) is 0.333. The summed E-state index contributed by atoms with van der Waals surface area (Å²) in [6.45, 7) is 0.992. The third kappa shape index (κ3) is 3.08. The van der Waals surface area contributed by atoms with Gasteiger partial charge in [0.15, 0.2) is 0 Å². The Morgan fingerprint density at radius 2 is 2.04 bits per heavy atom. The van der Waals surface area contributed by atoms with Gasteiger partial charge in [-0.3, -0.25) is 15.0 Å². The number of carbonyl (C=O) groups is 3. The minimum atomic E-state index is -0.498. The molecule has 0 saturated carbocycles. The molecule has 2 aliphatic heterocycles. The van der Waals surface area contributed by atoms with Gasteiger partial charge in [-0.2, -0.15) is 4.99 Å². The molecule has 7 nitrogen and oxygen atoms in total. The number of imide groups is 1. The lowest BCUT2D eigenvalue weighted by Crippen LogP contribution is -2.55. The monoisotopic (exact) mass is 370 g/mol. The highest BCUT2D eigenvalue weighted by Crippen LogP contribution is 2.26.